The summed E-state index contributed by atoms with van der Waals surface area (Å²) >= 11 is 0. The number of rotatable bonds is 4. The molecule has 8 heteroatoms. The number of aryl methyl sites for hydroxylation is 1. The highest BCUT2D eigenvalue weighted by Crippen LogP contribution is 2.29. The number of nitrogens with zero attached hydrogens (tertiary/aromatic N) is 4. The average Bonchev–Trinajstić information content (AvgIpc) is 2.67. The van der Waals surface area contributed by atoms with Crippen LogP contribution in [0.25, 0.3) is 0 Å². The Bertz CT molecular complexity index is 832. The lowest BCUT2D eigenvalue weighted by Gasteiger charge is -2.37. The van der Waals surface area contributed by atoms with Crippen molar-refractivity contribution in [2.45, 2.75) is 6.92 Å². The van der Waals surface area contributed by atoms with Crippen molar-refractivity contribution in [2.24, 2.45) is 0 Å². The maximum Gasteiger partial charge on any atom is 0.339 e. The molecule has 1 fully saturated rings. The van der Waals surface area contributed by atoms with E-state index in [1.807, 2.05) is 17.0 Å². The number of methoxy groups -OCH3 is 1. The van der Waals surface area contributed by atoms with Crippen LogP contribution in [0.15, 0.2) is 36.5 Å². The van der Waals surface area contributed by atoms with E-state index in [1.165, 1.54) is 30.6 Å². The molecule has 0 unspecified atom stereocenters. The van der Waals surface area contributed by atoms with Crippen molar-refractivity contribution in [3.8, 4) is 0 Å². The molecule has 1 aromatic heterocycles. The zero-order chi connectivity index (χ0) is 18.7. The van der Waals surface area contributed by atoms with Gasteiger partial charge in [-0.1, -0.05) is 18.2 Å². The van der Waals surface area contributed by atoms with Crippen LogP contribution in [0.1, 0.15) is 15.9 Å². The second kappa shape index (κ2) is 7.38. The molecular weight excluding hydrogens is 336 g/mol. The van der Waals surface area contributed by atoms with E-state index in [9.17, 15) is 14.9 Å². The summed E-state index contributed by atoms with van der Waals surface area (Å²) in [5.74, 6) is -0.358. The molecular formula is C18H20N4O4. The Balaban J connectivity index is 1.80. The van der Waals surface area contributed by atoms with Crippen LogP contribution in [0, 0.1) is 17.0 Å². The van der Waals surface area contributed by atoms with Gasteiger partial charge < -0.3 is 14.5 Å². The van der Waals surface area contributed by atoms with Gasteiger partial charge in [0, 0.05) is 44.1 Å². The highest BCUT2D eigenvalue weighted by Gasteiger charge is 2.27. The lowest BCUT2D eigenvalue weighted by atomic mass is 10.1. The number of ether oxygens (including phenoxy) is 1. The Labute approximate surface area is 151 Å². The van der Waals surface area contributed by atoms with Crippen molar-refractivity contribution < 1.29 is 14.5 Å². The first-order valence-corrected chi connectivity index (χ1v) is 8.29. The molecule has 2 aromatic rings. The molecule has 0 aliphatic carbocycles. The summed E-state index contributed by atoms with van der Waals surface area (Å²) in [4.78, 5) is 30.8. The molecule has 1 aliphatic rings. The number of para-hydroxylation sites is 1. The van der Waals surface area contributed by atoms with E-state index in [4.69, 9.17) is 0 Å². The molecule has 0 radical (unpaired) electrons. The molecule has 136 valence electrons. The van der Waals surface area contributed by atoms with E-state index in [0.29, 0.717) is 13.1 Å². The Morgan fingerprint density at radius 2 is 1.85 bits per heavy atom. The van der Waals surface area contributed by atoms with E-state index in [-0.39, 0.29) is 17.1 Å². The molecule has 26 heavy (non-hydrogen) atoms. The standard InChI is InChI=1S/C18H20N4O4/c1-13-5-3-4-6-15(13)20-7-9-21(10-8-20)17-16(22(24)25)11-14(12-19-17)18(23)26-2/h3-6,11-12H,7-10H2,1-2H3. The van der Waals surface area contributed by atoms with Crippen molar-refractivity contribution in [3.05, 3.63) is 57.8 Å². The predicted octanol–water partition coefficient (Wildman–Crippen LogP) is 2.41. The Morgan fingerprint density at radius 3 is 2.46 bits per heavy atom. The molecule has 0 N–H and O–H groups in total. The molecule has 2 heterocycles. The van der Waals surface area contributed by atoms with Gasteiger partial charge in [0.25, 0.3) is 0 Å². The summed E-state index contributed by atoms with van der Waals surface area (Å²) in [7, 11) is 1.23. The van der Waals surface area contributed by atoms with Crippen LogP contribution in [0.3, 0.4) is 0 Å². The van der Waals surface area contributed by atoms with Gasteiger partial charge in [-0.3, -0.25) is 10.1 Å². The molecule has 0 spiro atoms. The van der Waals surface area contributed by atoms with Gasteiger partial charge in [0.05, 0.1) is 17.6 Å². The van der Waals surface area contributed by atoms with Crippen molar-refractivity contribution >= 4 is 23.2 Å². The number of carbonyl (C=O) groups excluding carboxylic acids is 1. The number of aromatic nitrogens is 1. The Hall–Kier alpha value is -3.16. The SMILES string of the molecule is COC(=O)c1cnc(N2CCN(c3ccccc3C)CC2)c([N+](=O)[O-])c1. The molecule has 1 aliphatic heterocycles. The Morgan fingerprint density at radius 1 is 1.19 bits per heavy atom. The number of benzene rings is 1. The maximum absolute atomic E-state index is 11.6. The van der Waals surface area contributed by atoms with Crippen LogP contribution >= 0.6 is 0 Å². The molecule has 8 nitrogen and oxygen atoms in total. The minimum atomic E-state index is -0.642. The number of carbonyl (C=O) groups is 1. The highest BCUT2D eigenvalue weighted by molar-refractivity contribution is 5.90. The summed E-state index contributed by atoms with van der Waals surface area (Å²) in [5, 5.41) is 11.4. The van der Waals surface area contributed by atoms with Gasteiger partial charge in [-0.25, -0.2) is 9.78 Å². The maximum atomic E-state index is 11.6. The monoisotopic (exact) mass is 356 g/mol. The fraction of sp³-hybridized carbons (Fsp3) is 0.333. The second-order valence-electron chi connectivity index (χ2n) is 6.08. The van der Waals surface area contributed by atoms with Gasteiger partial charge >= 0.3 is 11.7 Å². The smallest absolute Gasteiger partial charge is 0.339 e. The quantitative estimate of drug-likeness (QED) is 0.472. The van der Waals surface area contributed by atoms with Gasteiger partial charge in [-0.05, 0) is 18.6 Å². The molecule has 1 aromatic carbocycles. The zero-order valence-electron chi connectivity index (χ0n) is 14.7. The first kappa shape index (κ1) is 17.7. The fourth-order valence-corrected chi connectivity index (χ4v) is 3.13. The summed E-state index contributed by atoms with van der Waals surface area (Å²) in [6.45, 7) is 4.77. The first-order valence-electron chi connectivity index (χ1n) is 8.29. The third kappa shape index (κ3) is 3.44. The lowest BCUT2D eigenvalue weighted by molar-refractivity contribution is -0.384. The summed E-state index contributed by atoms with van der Waals surface area (Å²) in [6.07, 6.45) is 1.32. The van der Waals surface area contributed by atoms with Crippen molar-refractivity contribution in [1.29, 1.82) is 0 Å². The van der Waals surface area contributed by atoms with Crippen molar-refractivity contribution in [3.63, 3.8) is 0 Å². The Kier molecular flexibility index (Phi) is 5.01. The number of esters is 1. The largest absolute Gasteiger partial charge is 0.465 e. The minimum absolute atomic E-state index is 0.0708. The second-order valence-corrected chi connectivity index (χ2v) is 6.08. The van der Waals surface area contributed by atoms with E-state index < -0.39 is 10.9 Å². The minimum Gasteiger partial charge on any atom is -0.465 e. The molecule has 3 rings (SSSR count). The van der Waals surface area contributed by atoms with Crippen LogP contribution in [0.4, 0.5) is 17.2 Å². The molecule has 0 saturated carbocycles. The lowest BCUT2D eigenvalue weighted by Crippen LogP contribution is -2.47. The van der Waals surface area contributed by atoms with Gasteiger partial charge in [-0.15, -0.1) is 0 Å². The summed E-state index contributed by atoms with van der Waals surface area (Å²) in [6, 6.07) is 9.39. The van der Waals surface area contributed by atoms with Crippen LogP contribution in [0.5, 0.6) is 0 Å². The van der Waals surface area contributed by atoms with Crippen LogP contribution in [-0.2, 0) is 4.74 Å². The molecule has 0 amide bonds. The van der Waals surface area contributed by atoms with Crippen molar-refractivity contribution in [1.82, 2.24) is 4.98 Å². The van der Waals surface area contributed by atoms with Gasteiger partial charge in [-0.2, -0.15) is 0 Å². The van der Waals surface area contributed by atoms with Crippen molar-refractivity contribution in [2.75, 3.05) is 43.1 Å². The van der Waals surface area contributed by atoms with Crippen LogP contribution in [-0.4, -0.2) is 49.2 Å². The van der Waals surface area contributed by atoms with Gasteiger partial charge in [0.1, 0.15) is 0 Å². The van der Waals surface area contributed by atoms with E-state index >= 15 is 0 Å². The third-order valence-electron chi connectivity index (χ3n) is 4.50. The predicted molar refractivity (Wildman–Crippen MR) is 97.8 cm³/mol. The molecule has 1 saturated heterocycles. The normalized spacial score (nSPS) is 14.2. The number of pyridine rings is 1. The average molecular weight is 356 g/mol. The number of anilines is 2. The zero-order valence-corrected chi connectivity index (χ0v) is 14.7. The number of nitro groups is 1. The van der Waals surface area contributed by atoms with E-state index in [2.05, 4.69) is 33.7 Å². The third-order valence-corrected chi connectivity index (χ3v) is 4.50. The fourth-order valence-electron chi connectivity index (χ4n) is 3.13. The van der Waals surface area contributed by atoms with Gasteiger partial charge in [0.2, 0.25) is 5.82 Å². The van der Waals surface area contributed by atoms with E-state index in [0.717, 1.165) is 13.1 Å². The highest BCUT2D eigenvalue weighted by atomic mass is 16.6. The number of piperazine rings is 1. The summed E-state index contributed by atoms with van der Waals surface area (Å²) in [5.41, 5.74) is 2.27. The number of hydrogen-bond donors (Lipinski definition) is 0. The van der Waals surface area contributed by atoms with Gasteiger partial charge in [0.15, 0.2) is 0 Å². The first-order chi connectivity index (χ1) is 12.5. The van der Waals surface area contributed by atoms with Crippen LogP contribution in [0.2, 0.25) is 0 Å². The molecule has 0 bridgehead atoms. The topological polar surface area (TPSA) is 88.8 Å². The number of hydrogen-bond acceptors (Lipinski definition) is 7. The van der Waals surface area contributed by atoms with E-state index in [1.54, 1.807) is 0 Å². The summed E-state index contributed by atoms with van der Waals surface area (Å²) < 4.78 is 4.61. The van der Waals surface area contributed by atoms with Crippen LogP contribution < -0.4 is 9.80 Å². The molecule has 0 atom stereocenters.